The molecule has 10 heteroatoms. The van der Waals surface area contributed by atoms with Crippen molar-refractivity contribution in [3.8, 4) is 5.75 Å². The largest absolute Gasteiger partial charge is 0.573 e. The predicted octanol–water partition coefficient (Wildman–Crippen LogP) is 2.61. The molecule has 23 heavy (non-hydrogen) atoms. The van der Waals surface area contributed by atoms with Gasteiger partial charge in [-0.3, -0.25) is 0 Å². The van der Waals surface area contributed by atoms with Gasteiger partial charge in [-0.2, -0.15) is 0 Å². The SMILES string of the molecule is CN(CC(C)(C)CN)S(=O)(=O)c1ccccc1OC(F)(F)F.Cl. The van der Waals surface area contributed by atoms with E-state index in [2.05, 4.69) is 4.74 Å². The molecule has 0 heterocycles. The van der Waals surface area contributed by atoms with Gasteiger partial charge in [0.1, 0.15) is 10.6 Å². The molecule has 0 bridgehead atoms. The van der Waals surface area contributed by atoms with Crippen molar-refractivity contribution in [2.75, 3.05) is 20.1 Å². The molecule has 1 aromatic carbocycles. The molecule has 0 aliphatic rings. The molecule has 0 aliphatic heterocycles. The van der Waals surface area contributed by atoms with Crippen LogP contribution in [0.5, 0.6) is 5.75 Å². The van der Waals surface area contributed by atoms with E-state index in [1.54, 1.807) is 13.8 Å². The molecule has 134 valence electrons. The van der Waals surface area contributed by atoms with Gasteiger partial charge >= 0.3 is 6.36 Å². The number of rotatable bonds is 6. The van der Waals surface area contributed by atoms with Crippen LogP contribution in [0.2, 0.25) is 0 Å². The van der Waals surface area contributed by atoms with Crippen LogP contribution in [0.15, 0.2) is 29.2 Å². The van der Waals surface area contributed by atoms with Crippen LogP contribution >= 0.6 is 12.4 Å². The summed E-state index contributed by atoms with van der Waals surface area (Å²) in [7, 11) is -2.84. The van der Waals surface area contributed by atoms with Gasteiger partial charge < -0.3 is 10.5 Å². The van der Waals surface area contributed by atoms with Gasteiger partial charge in [-0.15, -0.1) is 25.6 Å². The van der Waals surface area contributed by atoms with Crippen molar-refractivity contribution < 1.29 is 26.3 Å². The number of ether oxygens (including phenoxy) is 1. The van der Waals surface area contributed by atoms with Gasteiger partial charge in [-0.1, -0.05) is 26.0 Å². The monoisotopic (exact) mass is 376 g/mol. The van der Waals surface area contributed by atoms with Gasteiger partial charge in [0, 0.05) is 13.6 Å². The van der Waals surface area contributed by atoms with Gasteiger partial charge in [0.25, 0.3) is 0 Å². The number of hydrogen-bond acceptors (Lipinski definition) is 4. The number of sulfonamides is 1. The Balaban J connectivity index is 0.00000484. The normalized spacial score (nSPS) is 12.9. The fourth-order valence-corrected chi connectivity index (χ4v) is 3.26. The highest BCUT2D eigenvalue weighted by Gasteiger charge is 2.35. The van der Waals surface area contributed by atoms with E-state index in [0.717, 1.165) is 16.4 Å². The summed E-state index contributed by atoms with van der Waals surface area (Å²) in [5.41, 5.74) is 5.04. The molecule has 1 rings (SSSR count). The summed E-state index contributed by atoms with van der Waals surface area (Å²) < 4.78 is 66.9. The minimum atomic E-state index is -4.97. The fraction of sp³-hybridized carbons (Fsp3) is 0.538. The number of nitrogens with two attached hydrogens (primary N) is 1. The van der Waals surface area contributed by atoms with Crippen molar-refractivity contribution in [2.45, 2.75) is 25.1 Å². The van der Waals surface area contributed by atoms with E-state index in [4.69, 9.17) is 5.73 Å². The second-order valence-electron chi connectivity index (χ2n) is 5.62. The maximum atomic E-state index is 12.5. The fourth-order valence-electron chi connectivity index (χ4n) is 1.79. The third kappa shape index (κ3) is 6.17. The molecule has 0 amide bonds. The first-order chi connectivity index (χ1) is 9.89. The Hall–Kier alpha value is -1.03. The maximum Gasteiger partial charge on any atom is 0.573 e. The summed E-state index contributed by atoms with van der Waals surface area (Å²) in [5, 5.41) is 0. The Kier molecular flexibility index (Phi) is 7.35. The second kappa shape index (κ2) is 7.69. The first-order valence-electron chi connectivity index (χ1n) is 6.40. The van der Waals surface area contributed by atoms with E-state index >= 15 is 0 Å². The summed E-state index contributed by atoms with van der Waals surface area (Å²) >= 11 is 0. The van der Waals surface area contributed by atoms with E-state index in [-0.39, 0.29) is 25.5 Å². The average molecular weight is 377 g/mol. The lowest BCUT2D eigenvalue weighted by atomic mass is 9.94. The van der Waals surface area contributed by atoms with Crippen LogP contribution in [-0.2, 0) is 10.0 Å². The van der Waals surface area contributed by atoms with Crippen LogP contribution in [0.25, 0.3) is 0 Å². The van der Waals surface area contributed by atoms with Crippen LogP contribution in [0.3, 0.4) is 0 Å². The van der Waals surface area contributed by atoms with Gasteiger partial charge in [-0.05, 0) is 24.1 Å². The van der Waals surface area contributed by atoms with E-state index in [1.807, 2.05) is 0 Å². The smallest absolute Gasteiger partial charge is 0.404 e. The van der Waals surface area contributed by atoms with Gasteiger partial charge in [-0.25, -0.2) is 12.7 Å². The Morgan fingerprint density at radius 1 is 1.22 bits per heavy atom. The molecular weight excluding hydrogens is 357 g/mol. The lowest BCUT2D eigenvalue weighted by Crippen LogP contribution is -2.40. The van der Waals surface area contributed by atoms with Crippen molar-refractivity contribution in [3.63, 3.8) is 0 Å². The summed E-state index contributed by atoms with van der Waals surface area (Å²) in [6.07, 6.45) is -4.97. The van der Waals surface area contributed by atoms with Crippen LogP contribution in [0, 0.1) is 5.41 Å². The third-order valence-electron chi connectivity index (χ3n) is 2.97. The van der Waals surface area contributed by atoms with Crippen LogP contribution in [0.4, 0.5) is 13.2 Å². The Bertz CT molecular complexity index is 621. The number of halogens is 4. The molecule has 0 radical (unpaired) electrons. The molecule has 2 N–H and O–H groups in total. The first-order valence-corrected chi connectivity index (χ1v) is 7.84. The molecular formula is C13H20ClF3N2O3S. The topological polar surface area (TPSA) is 72.6 Å². The summed E-state index contributed by atoms with van der Waals surface area (Å²) in [6, 6.07) is 4.63. The van der Waals surface area contributed by atoms with Gasteiger partial charge in [0.2, 0.25) is 10.0 Å². The number of alkyl halides is 3. The molecule has 0 saturated heterocycles. The zero-order valence-corrected chi connectivity index (χ0v) is 14.6. The van der Waals surface area contributed by atoms with Crippen molar-refractivity contribution in [1.82, 2.24) is 4.31 Å². The zero-order chi connectivity index (χ0) is 17.2. The summed E-state index contributed by atoms with van der Waals surface area (Å²) in [6.45, 7) is 3.81. The quantitative estimate of drug-likeness (QED) is 0.828. The van der Waals surface area contributed by atoms with Crippen LogP contribution in [0.1, 0.15) is 13.8 Å². The lowest BCUT2D eigenvalue weighted by molar-refractivity contribution is -0.275. The molecule has 0 unspecified atom stereocenters. The highest BCUT2D eigenvalue weighted by molar-refractivity contribution is 7.89. The molecule has 0 aromatic heterocycles. The highest BCUT2D eigenvalue weighted by Crippen LogP contribution is 2.31. The Morgan fingerprint density at radius 2 is 1.74 bits per heavy atom. The summed E-state index contributed by atoms with van der Waals surface area (Å²) in [4.78, 5) is -0.539. The van der Waals surface area contributed by atoms with Gasteiger partial charge in [0.15, 0.2) is 0 Å². The molecule has 0 spiro atoms. The molecule has 0 saturated carbocycles. The third-order valence-corrected chi connectivity index (χ3v) is 4.81. The second-order valence-corrected chi connectivity index (χ2v) is 7.64. The zero-order valence-electron chi connectivity index (χ0n) is 12.9. The Labute approximate surface area is 140 Å². The average Bonchev–Trinajstić information content (AvgIpc) is 2.36. The van der Waals surface area contributed by atoms with Crippen molar-refractivity contribution >= 4 is 22.4 Å². The van der Waals surface area contributed by atoms with Crippen molar-refractivity contribution in [1.29, 1.82) is 0 Å². The van der Waals surface area contributed by atoms with E-state index in [1.165, 1.54) is 19.2 Å². The van der Waals surface area contributed by atoms with Crippen molar-refractivity contribution in [3.05, 3.63) is 24.3 Å². The van der Waals surface area contributed by atoms with Gasteiger partial charge in [0.05, 0.1) is 0 Å². The first kappa shape index (κ1) is 22.0. The van der Waals surface area contributed by atoms with Crippen LogP contribution < -0.4 is 10.5 Å². The molecule has 5 nitrogen and oxygen atoms in total. The minimum absolute atomic E-state index is 0. The minimum Gasteiger partial charge on any atom is -0.404 e. The number of nitrogens with zero attached hydrogens (tertiary/aromatic N) is 1. The number of hydrogen-bond donors (Lipinski definition) is 1. The summed E-state index contributed by atoms with van der Waals surface area (Å²) in [5.74, 6) is -0.757. The van der Waals surface area contributed by atoms with Crippen LogP contribution in [-0.4, -0.2) is 39.2 Å². The number of benzene rings is 1. The molecule has 0 aliphatic carbocycles. The van der Waals surface area contributed by atoms with E-state index in [0.29, 0.717) is 0 Å². The maximum absolute atomic E-state index is 12.5. The molecule has 1 aromatic rings. The predicted molar refractivity (Wildman–Crippen MR) is 83.0 cm³/mol. The molecule has 0 atom stereocenters. The number of para-hydroxylation sites is 1. The van der Waals surface area contributed by atoms with E-state index < -0.39 is 32.4 Å². The van der Waals surface area contributed by atoms with E-state index in [9.17, 15) is 21.6 Å². The standard InChI is InChI=1S/C13H19F3N2O3S.ClH/c1-12(2,8-17)9-18(3)22(19,20)11-7-5-4-6-10(11)21-13(14,15)16;/h4-7H,8-9,17H2,1-3H3;1H. The lowest BCUT2D eigenvalue weighted by Gasteiger charge is -2.28. The van der Waals surface area contributed by atoms with Crippen molar-refractivity contribution in [2.24, 2.45) is 11.1 Å². The Morgan fingerprint density at radius 3 is 2.22 bits per heavy atom. The highest BCUT2D eigenvalue weighted by atomic mass is 35.5. The molecule has 0 fully saturated rings.